The number of nitrogens with two attached hydrogens (primary N) is 1. The normalized spacial score (nSPS) is 22.9. The summed E-state index contributed by atoms with van der Waals surface area (Å²) in [5.41, 5.74) is 6.81. The monoisotopic (exact) mass is 311 g/mol. The zero-order valence-electron chi connectivity index (χ0n) is 12.7. The summed E-state index contributed by atoms with van der Waals surface area (Å²) in [5.74, 6) is 0.257. The Kier molecular flexibility index (Phi) is 5.37. The van der Waals surface area contributed by atoms with Gasteiger partial charge in [-0.3, -0.25) is 0 Å². The summed E-state index contributed by atoms with van der Waals surface area (Å²) in [6, 6.07) is 7.05. The van der Waals surface area contributed by atoms with Gasteiger partial charge in [0, 0.05) is 12.6 Å². The van der Waals surface area contributed by atoms with Gasteiger partial charge in [0.2, 0.25) is 10.0 Å². The highest BCUT2D eigenvalue weighted by Gasteiger charge is 2.30. The van der Waals surface area contributed by atoms with Crippen molar-refractivity contribution in [2.75, 3.05) is 20.6 Å². The molecule has 0 aliphatic heterocycles. The van der Waals surface area contributed by atoms with Crippen molar-refractivity contribution in [3.8, 4) is 0 Å². The molecule has 0 saturated heterocycles. The molecule has 0 amide bonds. The molecule has 2 atom stereocenters. The number of nitrogens with one attached hydrogen (secondary N) is 1. The second kappa shape index (κ2) is 6.87. The van der Waals surface area contributed by atoms with Gasteiger partial charge in [0.25, 0.3) is 0 Å². The van der Waals surface area contributed by atoms with E-state index in [4.69, 9.17) is 5.73 Å². The molecule has 3 N–H and O–H groups in total. The minimum Gasteiger partial charge on any atom is -0.330 e. The van der Waals surface area contributed by atoms with Gasteiger partial charge in [-0.1, -0.05) is 18.6 Å². The van der Waals surface area contributed by atoms with E-state index in [0.717, 1.165) is 31.4 Å². The van der Waals surface area contributed by atoms with Crippen molar-refractivity contribution in [2.45, 2.75) is 36.7 Å². The van der Waals surface area contributed by atoms with Crippen LogP contribution in [0.2, 0.25) is 0 Å². The molecule has 1 aliphatic rings. The number of benzene rings is 1. The molecule has 2 rings (SSSR count). The summed E-state index contributed by atoms with van der Waals surface area (Å²) in [6.45, 7) is 1.33. The van der Waals surface area contributed by atoms with Crippen LogP contribution in [0.4, 0.5) is 0 Å². The summed E-state index contributed by atoms with van der Waals surface area (Å²) in [4.78, 5) is 2.37. The molecule has 1 aromatic carbocycles. The average molecular weight is 311 g/mol. The lowest BCUT2D eigenvalue weighted by Gasteiger charge is -2.19. The number of rotatable bonds is 6. The molecule has 0 unspecified atom stereocenters. The molecular weight excluding hydrogens is 286 g/mol. The maximum absolute atomic E-state index is 12.4. The van der Waals surface area contributed by atoms with Crippen LogP contribution < -0.4 is 10.5 Å². The van der Waals surface area contributed by atoms with Gasteiger partial charge in [0.05, 0.1) is 4.90 Å². The Morgan fingerprint density at radius 2 is 1.90 bits per heavy atom. The molecular formula is C15H25N3O2S. The van der Waals surface area contributed by atoms with Crippen LogP contribution in [0.15, 0.2) is 29.2 Å². The van der Waals surface area contributed by atoms with Crippen LogP contribution in [0.5, 0.6) is 0 Å². The first-order valence-electron chi connectivity index (χ1n) is 7.38. The van der Waals surface area contributed by atoms with Gasteiger partial charge in [-0.2, -0.15) is 0 Å². The van der Waals surface area contributed by atoms with Crippen LogP contribution >= 0.6 is 0 Å². The SMILES string of the molecule is CN(C)Cc1ccc(S(=O)(=O)N[C@@H]2CCC[C@H]2CN)cc1. The topological polar surface area (TPSA) is 75.4 Å². The minimum atomic E-state index is -3.45. The quantitative estimate of drug-likeness (QED) is 0.826. The van der Waals surface area contributed by atoms with E-state index in [-0.39, 0.29) is 12.0 Å². The molecule has 118 valence electrons. The second-order valence-corrected chi connectivity index (χ2v) is 7.75. The van der Waals surface area contributed by atoms with Crippen molar-refractivity contribution < 1.29 is 8.42 Å². The number of hydrogen-bond acceptors (Lipinski definition) is 4. The zero-order valence-corrected chi connectivity index (χ0v) is 13.6. The highest BCUT2D eigenvalue weighted by atomic mass is 32.2. The lowest BCUT2D eigenvalue weighted by molar-refractivity contribution is 0.402. The molecule has 5 nitrogen and oxygen atoms in total. The molecule has 6 heteroatoms. The first-order chi connectivity index (χ1) is 9.92. The maximum Gasteiger partial charge on any atom is 0.240 e. The van der Waals surface area contributed by atoms with Gasteiger partial charge < -0.3 is 10.6 Å². The number of hydrogen-bond donors (Lipinski definition) is 2. The number of nitrogens with zero attached hydrogens (tertiary/aromatic N) is 1. The van der Waals surface area contributed by atoms with Crippen molar-refractivity contribution in [2.24, 2.45) is 11.7 Å². The fourth-order valence-corrected chi connectivity index (χ4v) is 4.22. The Balaban J connectivity index is 2.08. The van der Waals surface area contributed by atoms with E-state index in [2.05, 4.69) is 4.72 Å². The number of sulfonamides is 1. The van der Waals surface area contributed by atoms with E-state index in [9.17, 15) is 8.42 Å². The van der Waals surface area contributed by atoms with Gasteiger partial charge in [0.15, 0.2) is 0 Å². The van der Waals surface area contributed by atoms with Gasteiger partial charge in [0.1, 0.15) is 0 Å². The van der Waals surface area contributed by atoms with E-state index >= 15 is 0 Å². The summed E-state index contributed by atoms with van der Waals surface area (Å²) in [7, 11) is 0.520. The standard InChI is InChI=1S/C15H25N3O2S/c1-18(2)11-12-6-8-14(9-7-12)21(19,20)17-15-5-3-4-13(15)10-16/h6-9,13,15,17H,3-5,10-11,16H2,1-2H3/t13-,15+/m0/s1. The summed E-state index contributed by atoms with van der Waals surface area (Å²) < 4.78 is 27.7. The molecule has 21 heavy (non-hydrogen) atoms. The molecule has 0 bridgehead atoms. The third-order valence-electron chi connectivity index (χ3n) is 4.00. The van der Waals surface area contributed by atoms with Crippen molar-refractivity contribution in [3.63, 3.8) is 0 Å². The van der Waals surface area contributed by atoms with Crippen LogP contribution in [-0.2, 0) is 16.6 Å². The summed E-state index contributed by atoms with van der Waals surface area (Å²) >= 11 is 0. The Labute approximate surface area is 127 Å². The first-order valence-corrected chi connectivity index (χ1v) is 8.87. The van der Waals surface area contributed by atoms with Crippen molar-refractivity contribution >= 4 is 10.0 Å². The summed E-state index contributed by atoms with van der Waals surface area (Å²) in [5, 5.41) is 0. The third kappa shape index (κ3) is 4.26. The maximum atomic E-state index is 12.4. The van der Waals surface area contributed by atoms with Crippen molar-refractivity contribution in [3.05, 3.63) is 29.8 Å². The average Bonchev–Trinajstić information content (AvgIpc) is 2.85. The predicted octanol–water partition coefficient (Wildman–Crippen LogP) is 1.15. The van der Waals surface area contributed by atoms with Crippen LogP contribution in [0.1, 0.15) is 24.8 Å². The molecule has 0 spiro atoms. The molecule has 0 heterocycles. The van der Waals surface area contributed by atoms with Crippen LogP contribution in [-0.4, -0.2) is 40.0 Å². The third-order valence-corrected chi connectivity index (χ3v) is 5.51. The van der Waals surface area contributed by atoms with Crippen LogP contribution in [0.25, 0.3) is 0 Å². The molecule has 1 saturated carbocycles. The Hall–Kier alpha value is -0.950. The lowest BCUT2D eigenvalue weighted by Crippen LogP contribution is -2.39. The zero-order chi connectivity index (χ0) is 15.5. The first kappa shape index (κ1) is 16.4. The van der Waals surface area contributed by atoms with Gasteiger partial charge in [-0.05, 0) is 57.1 Å². The van der Waals surface area contributed by atoms with E-state index in [1.165, 1.54) is 0 Å². The fourth-order valence-electron chi connectivity index (χ4n) is 2.88. The largest absolute Gasteiger partial charge is 0.330 e. The van der Waals surface area contributed by atoms with E-state index in [1.807, 2.05) is 31.1 Å². The van der Waals surface area contributed by atoms with Crippen LogP contribution in [0.3, 0.4) is 0 Å². The van der Waals surface area contributed by atoms with E-state index < -0.39 is 10.0 Å². The van der Waals surface area contributed by atoms with Gasteiger partial charge >= 0.3 is 0 Å². The molecule has 0 aromatic heterocycles. The summed E-state index contributed by atoms with van der Waals surface area (Å²) in [6.07, 6.45) is 2.92. The molecule has 0 radical (unpaired) electrons. The highest BCUT2D eigenvalue weighted by Crippen LogP contribution is 2.26. The molecule has 1 aliphatic carbocycles. The van der Waals surface area contributed by atoms with Crippen molar-refractivity contribution in [1.29, 1.82) is 0 Å². The Bertz CT molecular complexity index is 555. The predicted molar refractivity (Wildman–Crippen MR) is 84.3 cm³/mol. The minimum absolute atomic E-state index is 0.0264. The van der Waals surface area contributed by atoms with Crippen molar-refractivity contribution in [1.82, 2.24) is 9.62 Å². The lowest BCUT2D eigenvalue weighted by atomic mass is 10.1. The Morgan fingerprint density at radius 1 is 1.24 bits per heavy atom. The second-order valence-electron chi connectivity index (χ2n) is 6.04. The van der Waals surface area contributed by atoms with E-state index in [1.54, 1.807) is 12.1 Å². The van der Waals surface area contributed by atoms with Gasteiger partial charge in [-0.25, -0.2) is 13.1 Å². The molecule has 1 aromatic rings. The van der Waals surface area contributed by atoms with E-state index in [0.29, 0.717) is 11.4 Å². The highest BCUT2D eigenvalue weighted by molar-refractivity contribution is 7.89. The fraction of sp³-hybridized carbons (Fsp3) is 0.600. The smallest absolute Gasteiger partial charge is 0.240 e. The molecule has 1 fully saturated rings. The Morgan fingerprint density at radius 3 is 2.48 bits per heavy atom. The van der Waals surface area contributed by atoms with Crippen LogP contribution in [0, 0.1) is 5.92 Å². The van der Waals surface area contributed by atoms with Gasteiger partial charge in [-0.15, -0.1) is 0 Å².